The molecule has 1 aliphatic carbocycles. The van der Waals surface area contributed by atoms with Gasteiger partial charge in [-0.05, 0) is 82.2 Å². The number of hydrogen-bond acceptors (Lipinski definition) is 7. The third kappa shape index (κ3) is 8.35. The molecule has 2 aromatic carbocycles. The standard InChI is InChI=1S/C30H32F4N6O4/c1-40-10-7-18(8-11-40)27(41)36-21-12-19(30(32,33)34)13-22(14-21)38-29(43)37-20-4-5-25(24(31)15-20)44-23-6-9-35-26(16-23)39-28(42)17-2-3-17/h4-6,9,12-18,27,36,41H,2-3,7-8,10-11H2,1H3,(H,35,39,42)(H2,37,38,43). The summed E-state index contributed by atoms with van der Waals surface area (Å²) in [6.45, 7) is 1.52. The molecule has 2 heterocycles. The molecule has 10 nitrogen and oxygen atoms in total. The molecule has 0 radical (unpaired) electrons. The summed E-state index contributed by atoms with van der Waals surface area (Å²) in [6.07, 6.45) is -1.36. The fourth-order valence-corrected chi connectivity index (χ4v) is 4.78. The van der Waals surface area contributed by atoms with Gasteiger partial charge in [-0.2, -0.15) is 13.2 Å². The third-order valence-electron chi connectivity index (χ3n) is 7.39. The number of rotatable bonds is 9. The zero-order chi connectivity index (χ0) is 31.4. The summed E-state index contributed by atoms with van der Waals surface area (Å²) in [5.41, 5.74) is -1.20. The molecule has 2 fully saturated rings. The second-order valence-electron chi connectivity index (χ2n) is 11.0. The van der Waals surface area contributed by atoms with Crippen LogP contribution in [0.5, 0.6) is 11.5 Å². The fraction of sp³-hybridized carbons (Fsp3) is 0.367. The molecule has 1 unspecified atom stereocenters. The van der Waals surface area contributed by atoms with E-state index in [4.69, 9.17) is 4.74 Å². The van der Waals surface area contributed by atoms with Crippen LogP contribution < -0.4 is 26.0 Å². The molecule has 1 atom stereocenters. The maximum atomic E-state index is 14.8. The first kappa shape index (κ1) is 31.0. The van der Waals surface area contributed by atoms with Gasteiger partial charge in [0.05, 0.1) is 5.56 Å². The summed E-state index contributed by atoms with van der Waals surface area (Å²) in [5.74, 6) is -0.814. The van der Waals surface area contributed by atoms with Crippen molar-refractivity contribution in [3.63, 3.8) is 0 Å². The van der Waals surface area contributed by atoms with Gasteiger partial charge in [0.2, 0.25) is 5.91 Å². The van der Waals surface area contributed by atoms with Crippen LogP contribution in [-0.4, -0.2) is 53.3 Å². The average molecular weight is 617 g/mol. The Morgan fingerprint density at radius 3 is 2.34 bits per heavy atom. The Morgan fingerprint density at radius 2 is 1.66 bits per heavy atom. The maximum Gasteiger partial charge on any atom is 0.416 e. The van der Waals surface area contributed by atoms with Crippen LogP contribution in [0.3, 0.4) is 0 Å². The van der Waals surface area contributed by atoms with Gasteiger partial charge in [-0.15, -0.1) is 0 Å². The average Bonchev–Trinajstić information content (AvgIpc) is 3.80. The maximum absolute atomic E-state index is 14.8. The van der Waals surface area contributed by atoms with Gasteiger partial charge < -0.3 is 36.0 Å². The predicted molar refractivity (Wildman–Crippen MR) is 156 cm³/mol. The minimum absolute atomic E-state index is 0.0135. The first-order valence-electron chi connectivity index (χ1n) is 14.1. The number of carbonyl (C=O) groups is 2. The summed E-state index contributed by atoms with van der Waals surface area (Å²) in [5, 5.41) is 20.7. The first-order valence-corrected chi connectivity index (χ1v) is 14.1. The molecule has 5 rings (SSSR count). The van der Waals surface area contributed by atoms with Crippen LogP contribution in [0.4, 0.5) is 45.2 Å². The summed E-state index contributed by atoms with van der Waals surface area (Å²) < 4.78 is 61.3. The lowest BCUT2D eigenvalue weighted by Gasteiger charge is -2.32. The van der Waals surface area contributed by atoms with Gasteiger partial charge >= 0.3 is 12.2 Å². The molecular formula is C30H32F4N6O4. The van der Waals surface area contributed by atoms with Crippen molar-refractivity contribution in [2.75, 3.05) is 41.4 Å². The van der Waals surface area contributed by atoms with E-state index in [1.165, 1.54) is 36.5 Å². The van der Waals surface area contributed by atoms with E-state index in [9.17, 15) is 32.3 Å². The van der Waals surface area contributed by atoms with E-state index < -0.39 is 29.8 Å². The quantitative estimate of drug-likeness (QED) is 0.145. The van der Waals surface area contributed by atoms with Gasteiger partial charge in [0, 0.05) is 47.2 Å². The van der Waals surface area contributed by atoms with Crippen LogP contribution in [0.15, 0.2) is 54.7 Å². The van der Waals surface area contributed by atoms with E-state index in [2.05, 4.69) is 31.2 Å². The highest BCUT2D eigenvalue weighted by molar-refractivity contribution is 6.00. The highest BCUT2D eigenvalue weighted by atomic mass is 19.4. The number of nitrogens with one attached hydrogen (secondary N) is 4. The molecule has 1 aliphatic heterocycles. The van der Waals surface area contributed by atoms with Gasteiger partial charge in [0.25, 0.3) is 0 Å². The fourth-order valence-electron chi connectivity index (χ4n) is 4.78. The lowest BCUT2D eigenvalue weighted by molar-refractivity contribution is -0.137. The van der Waals surface area contributed by atoms with Gasteiger partial charge in [-0.3, -0.25) is 4.79 Å². The normalized spacial score (nSPS) is 16.6. The lowest BCUT2D eigenvalue weighted by atomic mass is 9.95. The summed E-state index contributed by atoms with van der Waals surface area (Å²) >= 11 is 0. The van der Waals surface area contributed by atoms with Crippen LogP contribution in [0, 0.1) is 17.7 Å². The van der Waals surface area contributed by atoms with Gasteiger partial charge in [-0.1, -0.05) is 0 Å². The van der Waals surface area contributed by atoms with Crippen molar-refractivity contribution in [2.45, 2.75) is 38.1 Å². The molecule has 1 aromatic heterocycles. The number of aliphatic hydroxyl groups is 1. The third-order valence-corrected chi connectivity index (χ3v) is 7.39. The van der Waals surface area contributed by atoms with Gasteiger partial charge in [0.1, 0.15) is 17.8 Å². The Bertz CT molecular complexity index is 1510. The number of halogens is 4. The summed E-state index contributed by atoms with van der Waals surface area (Å²) in [7, 11) is 1.96. The Morgan fingerprint density at radius 1 is 0.955 bits per heavy atom. The highest BCUT2D eigenvalue weighted by Gasteiger charge is 2.32. The zero-order valence-electron chi connectivity index (χ0n) is 23.7. The summed E-state index contributed by atoms with van der Waals surface area (Å²) in [6, 6.07) is 8.54. The highest BCUT2D eigenvalue weighted by Crippen LogP contribution is 2.35. The second-order valence-corrected chi connectivity index (χ2v) is 11.0. The van der Waals surface area contributed by atoms with Crippen LogP contribution in [0.2, 0.25) is 0 Å². The first-order chi connectivity index (χ1) is 20.9. The largest absolute Gasteiger partial charge is 0.454 e. The van der Waals surface area contributed by atoms with Crippen LogP contribution in [0.1, 0.15) is 31.2 Å². The Labute approximate surface area is 250 Å². The predicted octanol–water partition coefficient (Wildman–Crippen LogP) is 6.10. The van der Waals surface area contributed by atoms with E-state index in [1.54, 1.807) is 0 Å². The molecule has 3 amide bonds. The number of aliphatic hydroxyl groups excluding tert-OH is 1. The molecule has 234 valence electrons. The van der Waals surface area contributed by atoms with E-state index in [0.29, 0.717) is 12.8 Å². The van der Waals surface area contributed by atoms with Crippen molar-refractivity contribution >= 4 is 34.8 Å². The number of hydrogen-bond donors (Lipinski definition) is 5. The van der Waals surface area contributed by atoms with Gasteiger partial charge in [0.15, 0.2) is 11.6 Å². The molecule has 44 heavy (non-hydrogen) atoms. The molecule has 0 spiro atoms. The number of aromatic nitrogens is 1. The number of alkyl halides is 3. The lowest BCUT2D eigenvalue weighted by Crippen LogP contribution is -2.38. The van der Waals surface area contributed by atoms with Crippen LogP contribution >= 0.6 is 0 Å². The summed E-state index contributed by atoms with van der Waals surface area (Å²) in [4.78, 5) is 30.8. The molecule has 0 bridgehead atoms. The number of pyridine rings is 1. The zero-order valence-corrected chi connectivity index (χ0v) is 23.7. The van der Waals surface area contributed by atoms with Crippen molar-refractivity contribution < 1.29 is 37.0 Å². The molecular weight excluding hydrogens is 584 g/mol. The van der Waals surface area contributed by atoms with E-state index in [0.717, 1.165) is 44.1 Å². The second kappa shape index (κ2) is 13.1. The number of carbonyl (C=O) groups excluding carboxylic acids is 2. The number of amides is 3. The van der Waals surface area contributed by atoms with Crippen LogP contribution in [0.25, 0.3) is 0 Å². The molecule has 14 heteroatoms. The van der Waals surface area contributed by atoms with Crippen molar-refractivity contribution in [1.29, 1.82) is 0 Å². The number of anilines is 4. The van der Waals surface area contributed by atoms with Crippen molar-refractivity contribution in [1.82, 2.24) is 9.88 Å². The minimum Gasteiger partial charge on any atom is -0.454 e. The number of likely N-dealkylation sites (tertiary alicyclic amines) is 1. The molecule has 3 aromatic rings. The Hall–Kier alpha value is -4.43. The van der Waals surface area contributed by atoms with Crippen molar-refractivity contribution in [3.8, 4) is 11.5 Å². The molecule has 5 N–H and O–H groups in total. The van der Waals surface area contributed by atoms with E-state index in [-0.39, 0.29) is 52.1 Å². The van der Waals surface area contributed by atoms with Crippen molar-refractivity contribution in [2.24, 2.45) is 11.8 Å². The van der Waals surface area contributed by atoms with E-state index in [1.807, 2.05) is 7.05 Å². The number of piperidine rings is 1. The Balaban J connectivity index is 1.22. The molecule has 1 saturated heterocycles. The van der Waals surface area contributed by atoms with Crippen molar-refractivity contribution in [3.05, 3.63) is 66.1 Å². The molecule has 1 saturated carbocycles. The van der Waals surface area contributed by atoms with Crippen LogP contribution in [-0.2, 0) is 11.0 Å². The number of ether oxygens (including phenoxy) is 1. The number of urea groups is 1. The SMILES string of the molecule is CN1CCC(C(O)Nc2cc(NC(=O)Nc3ccc(Oc4ccnc(NC(=O)C5CC5)c4)c(F)c3)cc(C(F)(F)F)c2)CC1. The van der Waals surface area contributed by atoms with Gasteiger partial charge in [-0.25, -0.2) is 14.2 Å². The topological polar surface area (TPSA) is 128 Å². The molecule has 2 aliphatic rings. The smallest absolute Gasteiger partial charge is 0.416 e. The van der Waals surface area contributed by atoms with E-state index >= 15 is 0 Å². The number of benzene rings is 2. The number of nitrogens with zero attached hydrogens (tertiary/aromatic N) is 2. The minimum atomic E-state index is -4.71. The monoisotopic (exact) mass is 616 g/mol. The Kier molecular flexibility index (Phi) is 9.20.